The standard InChI is InChI=1S/C19H15N3O2/c1-22-18(23)8-5-14-11-20-16-6-3-12(9-15(16)19(14)22)13-4-7-17(24-2)21-10-13/h3-11H,1-2H3. The molecule has 0 unspecified atom stereocenters. The molecule has 0 bridgehead atoms. The van der Waals surface area contributed by atoms with Crippen molar-refractivity contribution >= 4 is 21.8 Å². The van der Waals surface area contributed by atoms with Gasteiger partial charge in [-0.3, -0.25) is 9.78 Å². The van der Waals surface area contributed by atoms with Crippen LogP contribution in [0.15, 0.2) is 59.7 Å². The zero-order valence-electron chi connectivity index (χ0n) is 13.4. The molecule has 0 amide bonds. The number of methoxy groups -OCH3 is 1. The third-order valence-corrected chi connectivity index (χ3v) is 4.22. The van der Waals surface area contributed by atoms with E-state index in [1.165, 1.54) is 0 Å². The third kappa shape index (κ3) is 2.22. The molecular weight excluding hydrogens is 302 g/mol. The maximum atomic E-state index is 12.0. The minimum Gasteiger partial charge on any atom is -0.481 e. The molecule has 0 atom stereocenters. The van der Waals surface area contributed by atoms with E-state index in [0.717, 1.165) is 32.9 Å². The molecule has 0 N–H and O–H groups in total. The monoisotopic (exact) mass is 317 g/mol. The summed E-state index contributed by atoms with van der Waals surface area (Å²) in [5, 5.41) is 1.88. The average molecular weight is 317 g/mol. The van der Waals surface area contributed by atoms with Gasteiger partial charge in [-0.15, -0.1) is 0 Å². The van der Waals surface area contributed by atoms with Crippen molar-refractivity contribution in [3.8, 4) is 17.0 Å². The second-order valence-corrected chi connectivity index (χ2v) is 5.61. The zero-order chi connectivity index (χ0) is 16.7. The molecule has 0 spiro atoms. The first-order valence-electron chi connectivity index (χ1n) is 7.56. The Kier molecular flexibility index (Phi) is 3.27. The first-order chi connectivity index (χ1) is 11.7. The highest BCUT2D eigenvalue weighted by Crippen LogP contribution is 2.28. The summed E-state index contributed by atoms with van der Waals surface area (Å²) in [5.41, 5.74) is 3.70. The van der Waals surface area contributed by atoms with E-state index in [-0.39, 0.29) is 5.56 Å². The molecule has 0 radical (unpaired) electrons. The van der Waals surface area contributed by atoms with Crippen LogP contribution in [0, 0.1) is 0 Å². The van der Waals surface area contributed by atoms with E-state index in [9.17, 15) is 4.79 Å². The Morgan fingerprint density at radius 3 is 2.54 bits per heavy atom. The largest absolute Gasteiger partial charge is 0.481 e. The van der Waals surface area contributed by atoms with Gasteiger partial charge in [0.2, 0.25) is 5.88 Å². The number of hydrogen-bond donors (Lipinski definition) is 0. The Labute approximate surface area is 138 Å². The van der Waals surface area contributed by atoms with Crippen molar-refractivity contribution in [3.63, 3.8) is 0 Å². The van der Waals surface area contributed by atoms with E-state index in [1.807, 2.05) is 36.4 Å². The Hall–Kier alpha value is -3.21. The molecular formula is C19H15N3O2. The summed E-state index contributed by atoms with van der Waals surface area (Å²) < 4.78 is 6.76. The molecule has 0 saturated heterocycles. The average Bonchev–Trinajstić information content (AvgIpc) is 2.64. The summed E-state index contributed by atoms with van der Waals surface area (Å²) in [7, 11) is 3.38. The Bertz CT molecular complexity index is 1120. The van der Waals surface area contributed by atoms with E-state index in [2.05, 4.69) is 9.97 Å². The van der Waals surface area contributed by atoms with Crippen LogP contribution < -0.4 is 10.3 Å². The normalized spacial score (nSPS) is 11.1. The summed E-state index contributed by atoms with van der Waals surface area (Å²) in [6.07, 6.45) is 3.57. The van der Waals surface area contributed by atoms with Crippen molar-refractivity contribution in [2.24, 2.45) is 7.05 Å². The third-order valence-electron chi connectivity index (χ3n) is 4.22. The van der Waals surface area contributed by atoms with Crippen LogP contribution in [-0.2, 0) is 7.05 Å². The molecule has 0 aliphatic rings. The van der Waals surface area contributed by atoms with E-state index in [0.29, 0.717) is 5.88 Å². The molecule has 24 heavy (non-hydrogen) atoms. The maximum Gasteiger partial charge on any atom is 0.250 e. The number of ether oxygens (including phenoxy) is 1. The van der Waals surface area contributed by atoms with Crippen molar-refractivity contribution < 1.29 is 4.74 Å². The number of rotatable bonds is 2. The van der Waals surface area contributed by atoms with Gasteiger partial charge in [-0.1, -0.05) is 6.07 Å². The smallest absolute Gasteiger partial charge is 0.250 e. The summed E-state index contributed by atoms with van der Waals surface area (Å²) in [6.45, 7) is 0. The van der Waals surface area contributed by atoms with Gasteiger partial charge in [0.15, 0.2) is 0 Å². The van der Waals surface area contributed by atoms with Crippen LogP contribution in [0.5, 0.6) is 5.88 Å². The fourth-order valence-electron chi connectivity index (χ4n) is 2.92. The lowest BCUT2D eigenvalue weighted by atomic mass is 10.0. The van der Waals surface area contributed by atoms with Gasteiger partial charge in [0.25, 0.3) is 5.56 Å². The minimum atomic E-state index is -0.0356. The highest BCUT2D eigenvalue weighted by molar-refractivity contribution is 6.04. The molecule has 0 aliphatic carbocycles. The van der Waals surface area contributed by atoms with Gasteiger partial charge in [0.1, 0.15) is 0 Å². The summed E-state index contributed by atoms with van der Waals surface area (Å²) in [4.78, 5) is 20.8. The summed E-state index contributed by atoms with van der Waals surface area (Å²) >= 11 is 0. The van der Waals surface area contributed by atoms with Gasteiger partial charge < -0.3 is 9.30 Å². The molecule has 3 heterocycles. The molecule has 5 nitrogen and oxygen atoms in total. The number of fused-ring (bicyclic) bond motifs is 3. The van der Waals surface area contributed by atoms with Crippen LogP contribution >= 0.6 is 0 Å². The quantitative estimate of drug-likeness (QED) is 0.533. The molecule has 0 saturated carbocycles. The molecule has 1 aromatic carbocycles. The predicted molar refractivity (Wildman–Crippen MR) is 94.3 cm³/mol. The highest BCUT2D eigenvalue weighted by atomic mass is 16.5. The number of aryl methyl sites for hydroxylation is 1. The molecule has 5 heteroatoms. The van der Waals surface area contributed by atoms with Crippen LogP contribution in [0.4, 0.5) is 0 Å². The summed E-state index contributed by atoms with van der Waals surface area (Å²) in [5.74, 6) is 0.578. The fourth-order valence-corrected chi connectivity index (χ4v) is 2.92. The van der Waals surface area contributed by atoms with Crippen LogP contribution in [0.1, 0.15) is 0 Å². The van der Waals surface area contributed by atoms with Gasteiger partial charge in [0, 0.05) is 47.9 Å². The molecule has 4 aromatic rings. The van der Waals surface area contributed by atoms with Gasteiger partial charge in [0.05, 0.1) is 18.1 Å². The first kappa shape index (κ1) is 14.4. The van der Waals surface area contributed by atoms with Crippen molar-refractivity contribution in [2.75, 3.05) is 7.11 Å². The van der Waals surface area contributed by atoms with Crippen molar-refractivity contribution in [3.05, 3.63) is 65.2 Å². The van der Waals surface area contributed by atoms with Gasteiger partial charge in [-0.2, -0.15) is 0 Å². The second-order valence-electron chi connectivity index (χ2n) is 5.61. The maximum absolute atomic E-state index is 12.0. The lowest BCUT2D eigenvalue weighted by Gasteiger charge is -2.10. The summed E-state index contributed by atoms with van der Waals surface area (Å²) in [6, 6.07) is 13.2. The van der Waals surface area contributed by atoms with Gasteiger partial charge in [-0.25, -0.2) is 4.98 Å². The molecule has 3 aromatic heterocycles. The zero-order valence-corrected chi connectivity index (χ0v) is 13.4. The fraction of sp³-hybridized carbons (Fsp3) is 0.105. The number of aromatic nitrogens is 3. The van der Waals surface area contributed by atoms with Crippen LogP contribution in [0.3, 0.4) is 0 Å². The highest BCUT2D eigenvalue weighted by Gasteiger charge is 2.08. The predicted octanol–water partition coefficient (Wildman–Crippen LogP) is 3.16. The lowest BCUT2D eigenvalue weighted by molar-refractivity contribution is 0.398. The molecule has 0 aliphatic heterocycles. The van der Waals surface area contributed by atoms with E-state index < -0.39 is 0 Å². The first-order valence-corrected chi connectivity index (χ1v) is 7.56. The SMILES string of the molecule is COc1ccc(-c2ccc3ncc4ccc(=O)n(C)c4c3c2)cn1. The van der Waals surface area contributed by atoms with Crippen LogP contribution in [-0.4, -0.2) is 21.6 Å². The number of pyridine rings is 3. The Morgan fingerprint density at radius 1 is 0.958 bits per heavy atom. The lowest BCUT2D eigenvalue weighted by Crippen LogP contribution is -2.15. The number of nitrogens with zero attached hydrogens (tertiary/aromatic N) is 3. The van der Waals surface area contributed by atoms with E-state index >= 15 is 0 Å². The molecule has 4 rings (SSSR count). The molecule has 118 valence electrons. The van der Waals surface area contributed by atoms with E-state index in [1.54, 1.807) is 37.2 Å². The Morgan fingerprint density at radius 2 is 1.79 bits per heavy atom. The number of hydrogen-bond acceptors (Lipinski definition) is 4. The second kappa shape index (κ2) is 5.45. The van der Waals surface area contributed by atoms with Crippen molar-refractivity contribution in [2.45, 2.75) is 0 Å². The van der Waals surface area contributed by atoms with Crippen LogP contribution in [0.25, 0.3) is 32.9 Å². The topological polar surface area (TPSA) is 57.0 Å². The Balaban J connectivity index is 2.00. The van der Waals surface area contributed by atoms with Gasteiger partial charge in [-0.05, 0) is 29.8 Å². The number of benzene rings is 1. The van der Waals surface area contributed by atoms with Crippen molar-refractivity contribution in [1.29, 1.82) is 0 Å². The van der Waals surface area contributed by atoms with Crippen LogP contribution in [0.2, 0.25) is 0 Å². The van der Waals surface area contributed by atoms with E-state index in [4.69, 9.17) is 4.74 Å². The molecule has 0 fully saturated rings. The van der Waals surface area contributed by atoms with Crippen molar-refractivity contribution in [1.82, 2.24) is 14.5 Å². The van der Waals surface area contributed by atoms with Gasteiger partial charge >= 0.3 is 0 Å². The minimum absolute atomic E-state index is 0.0356.